The third-order valence-corrected chi connectivity index (χ3v) is 6.22. The Labute approximate surface area is 172 Å². The zero-order valence-electron chi connectivity index (χ0n) is 15.9. The highest BCUT2D eigenvalue weighted by atomic mass is 32.2. The lowest BCUT2D eigenvalue weighted by molar-refractivity contribution is -0.134. The molecule has 0 bridgehead atoms. The van der Waals surface area contributed by atoms with Gasteiger partial charge in [-0.15, -0.1) is 16.9 Å². The summed E-state index contributed by atoms with van der Waals surface area (Å²) in [5.41, 5.74) is 4.60. The maximum Gasteiger partial charge on any atom is 0.245 e. The molecule has 1 aliphatic heterocycles. The topological polar surface area (TPSA) is 79.7 Å². The molecule has 29 heavy (non-hydrogen) atoms. The molecule has 3 heterocycles. The van der Waals surface area contributed by atoms with E-state index >= 15 is 0 Å². The molecule has 4 aromatic rings. The molecule has 1 aliphatic rings. The van der Waals surface area contributed by atoms with Crippen LogP contribution in [0.5, 0.6) is 0 Å². The number of aromatic amines is 1. The van der Waals surface area contributed by atoms with Gasteiger partial charge < -0.3 is 9.88 Å². The van der Waals surface area contributed by atoms with Gasteiger partial charge in [-0.3, -0.25) is 4.79 Å². The Bertz CT molecular complexity index is 1150. The lowest BCUT2D eigenvalue weighted by Crippen LogP contribution is -2.42. The molecule has 1 atom stereocenters. The zero-order chi connectivity index (χ0) is 19.8. The fourth-order valence-electron chi connectivity index (χ4n) is 4.12. The van der Waals surface area contributed by atoms with Gasteiger partial charge in [0.1, 0.15) is 12.9 Å². The summed E-state index contributed by atoms with van der Waals surface area (Å²) in [6.07, 6.45) is 4.35. The van der Waals surface area contributed by atoms with Crippen LogP contribution in [-0.2, 0) is 17.8 Å². The number of H-pyrrole nitrogens is 1. The second kappa shape index (κ2) is 7.36. The van der Waals surface area contributed by atoms with Crippen molar-refractivity contribution in [1.82, 2.24) is 30.1 Å². The highest BCUT2D eigenvalue weighted by Gasteiger charge is 2.34. The van der Waals surface area contributed by atoms with Gasteiger partial charge in [-0.25, -0.2) is 4.68 Å². The average molecular weight is 404 g/mol. The molecule has 0 aliphatic carbocycles. The molecule has 5 rings (SSSR count). The number of para-hydroxylation sites is 1. The van der Waals surface area contributed by atoms with Crippen molar-refractivity contribution in [3.05, 3.63) is 71.7 Å². The third kappa shape index (κ3) is 3.19. The van der Waals surface area contributed by atoms with E-state index in [4.69, 9.17) is 0 Å². The van der Waals surface area contributed by atoms with Crippen LogP contribution >= 0.6 is 11.8 Å². The number of hydrogen-bond acceptors (Lipinski definition) is 5. The van der Waals surface area contributed by atoms with Gasteiger partial charge in [0.25, 0.3) is 0 Å². The van der Waals surface area contributed by atoms with Crippen molar-refractivity contribution >= 4 is 28.6 Å². The standard InChI is InChI=1S/C21H20N6OS/c1-29-15-8-6-14(7-9-15)21-20-17(16-4-2-3-5-18(16)23-20)10-11-27(21)19(28)12-26-13-22-24-25-26/h2-9,13,21,23H,10-12H2,1H3. The van der Waals surface area contributed by atoms with Gasteiger partial charge in [0.15, 0.2) is 0 Å². The lowest BCUT2D eigenvalue weighted by atomic mass is 9.92. The van der Waals surface area contributed by atoms with Crippen LogP contribution in [0, 0.1) is 0 Å². The Hall–Kier alpha value is -3.13. The predicted molar refractivity (Wildman–Crippen MR) is 112 cm³/mol. The molecule has 0 fully saturated rings. The number of nitrogens with one attached hydrogen (secondary N) is 1. The predicted octanol–water partition coefficient (Wildman–Crippen LogP) is 3.05. The number of rotatable bonds is 4. The fourth-order valence-corrected chi connectivity index (χ4v) is 4.53. The molecule has 2 aromatic heterocycles. The smallest absolute Gasteiger partial charge is 0.245 e. The summed E-state index contributed by atoms with van der Waals surface area (Å²) < 4.78 is 1.47. The fraction of sp³-hybridized carbons (Fsp3) is 0.238. The Morgan fingerprint density at radius 1 is 1.21 bits per heavy atom. The van der Waals surface area contributed by atoms with E-state index in [0.717, 1.165) is 23.2 Å². The molecular formula is C21H20N6OS. The number of amides is 1. The lowest BCUT2D eigenvalue weighted by Gasteiger charge is -2.36. The van der Waals surface area contributed by atoms with Crippen LogP contribution in [0.4, 0.5) is 0 Å². The summed E-state index contributed by atoms with van der Waals surface area (Å²) in [5, 5.41) is 12.4. The van der Waals surface area contributed by atoms with Crippen molar-refractivity contribution < 1.29 is 4.79 Å². The second-order valence-electron chi connectivity index (χ2n) is 7.08. The van der Waals surface area contributed by atoms with Crippen LogP contribution in [-0.4, -0.2) is 48.8 Å². The number of tetrazole rings is 1. The summed E-state index contributed by atoms with van der Waals surface area (Å²) in [6, 6.07) is 16.6. The molecule has 2 aromatic carbocycles. The largest absolute Gasteiger partial charge is 0.356 e. The molecular weight excluding hydrogens is 384 g/mol. The van der Waals surface area contributed by atoms with Crippen molar-refractivity contribution in [2.45, 2.75) is 23.9 Å². The van der Waals surface area contributed by atoms with Crippen molar-refractivity contribution in [3.63, 3.8) is 0 Å². The minimum Gasteiger partial charge on any atom is -0.356 e. The number of benzene rings is 2. The van der Waals surface area contributed by atoms with Crippen LogP contribution in [0.3, 0.4) is 0 Å². The number of aromatic nitrogens is 5. The van der Waals surface area contributed by atoms with E-state index in [1.807, 2.05) is 11.0 Å². The Kier molecular flexibility index (Phi) is 4.55. The number of carbonyl (C=O) groups excluding carboxylic acids is 1. The van der Waals surface area contributed by atoms with Gasteiger partial charge in [0.2, 0.25) is 5.91 Å². The monoisotopic (exact) mass is 404 g/mol. The SMILES string of the molecule is CSc1ccc(C2c3[nH]c4ccccc4c3CCN2C(=O)Cn2cnnn2)cc1. The highest BCUT2D eigenvalue weighted by molar-refractivity contribution is 7.98. The van der Waals surface area contributed by atoms with Gasteiger partial charge in [0.05, 0.1) is 6.04 Å². The van der Waals surface area contributed by atoms with Gasteiger partial charge in [-0.05, 0) is 52.4 Å². The molecule has 1 unspecified atom stereocenters. The first kappa shape index (κ1) is 17.9. The van der Waals surface area contributed by atoms with Gasteiger partial charge in [-0.2, -0.15) is 0 Å². The summed E-state index contributed by atoms with van der Waals surface area (Å²) in [7, 11) is 0. The van der Waals surface area contributed by atoms with Crippen molar-refractivity contribution in [2.75, 3.05) is 12.8 Å². The minimum atomic E-state index is -0.161. The van der Waals surface area contributed by atoms with Crippen LogP contribution < -0.4 is 0 Å². The van der Waals surface area contributed by atoms with E-state index in [9.17, 15) is 4.79 Å². The van der Waals surface area contributed by atoms with Crippen molar-refractivity contribution in [1.29, 1.82) is 0 Å². The third-order valence-electron chi connectivity index (χ3n) is 5.48. The summed E-state index contributed by atoms with van der Waals surface area (Å²) in [4.78, 5) is 19.9. The van der Waals surface area contributed by atoms with Crippen LogP contribution in [0.1, 0.15) is 22.9 Å². The van der Waals surface area contributed by atoms with E-state index < -0.39 is 0 Å². The van der Waals surface area contributed by atoms with Crippen LogP contribution in [0.2, 0.25) is 0 Å². The van der Waals surface area contributed by atoms with E-state index in [1.165, 1.54) is 26.9 Å². The quantitative estimate of drug-likeness (QED) is 0.529. The van der Waals surface area contributed by atoms with Crippen LogP contribution in [0.15, 0.2) is 59.8 Å². The van der Waals surface area contributed by atoms with E-state index in [2.05, 4.69) is 69.2 Å². The average Bonchev–Trinajstić information content (AvgIpc) is 3.40. The Balaban J connectivity index is 1.59. The Morgan fingerprint density at radius 2 is 2.03 bits per heavy atom. The second-order valence-corrected chi connectivity index (χ2v) is 7.96. The summed E-state index contributed by atoms with van der Waals surface area (Å²) in [5.74, 6) is 0.000508. The first-order chi connectivity index (χ1) is 14.2. The van der Waals surface area contributed by atoms with Gasteiger partial charge in [0, 0.05) is 28.0 Å². The number of carbonyl (C=O) groups is 1. The molecule has 0 saturated carbocycles. The van der Waals surface area contributed by atoms with Gasteiger partial charge >= 0.3 is 0 Å². The molecule has 0 radical (unpaired) electrons. The number of thioether (sulfide) groups is 1. The molecule has 7 nitrogen and oxygen atoms in total. The highest BCUT2D eigenvalue weighted by Crippen LogP contribution is 2.38. The van der Waals surface area contributed by atoms with Crippen molar-refractivity contribution in [2.24, 2.45) is 0 Å². The maximum atomic E-state index is 13.2. The van der Waals surface area contributed by atoms with Gasteiger partial charge in [-0.1, -0.05) is 30.3 Å². The molecule has 0 saturated heterocycles. The minimum absolute atomic E-state index is 0.000508. The molecule has 1 amide bonds. The maximum absolute atomic E-state index is 13.2. The van der Waals surface area contributed by atoms with Crippen LogP contribution in [0.25, 0.3) is 10.9 Å². The number of nitrogens with zero attached hydrogens (tertiary/aromatic N) is 5. The number of fused-ring (bicyclic) bond motifs is 3. The molecule has 146 valence electrons. The van der Waals surface area contributed by atoms with E-state index in [-0.39, 0.29) is 18.5 Å². The molecule has 8 heteroatoms. The molecule has 0 spiro atoms. The number of hydrogen-bond donors (Lipinski definition) is 1. The van der Waals surface area contributed by atoms with E-state index in [0.29, 0.717) is 6.54 Å². The van der Waals surface area contributed by atoms with Crippen molar-refractivity contribution in [3.8, 4) is 0 Å². The first-order valence-corrected chi connectivity index (χ1v) is 10.7. The zero-order valence-corrected chi connectivity index (χ0v) is 16.8. The summed E-state index contributed by atoms with van der Waals surface area (Å²) >= 11 is 1.71. The first-order valence-electron chi connectivity index (χ1n) is 9.48. The summed E-state index contributed by atoms with van der Waals surface area (Å²) in [6.45, 7) is 0.784. The normalized spacial score (nSPS) is 16.2. The van der Waals surface area contributed by atoms with E-state index in [1.54, 1.807) is 11.8 Å². The molecule has 1 N–H and O–H groups in total. The Morgan fingerprint density at radius 3 is 2.79 bits per heavy atom.